The van der Waals surface area contributed by atoms with Crippen LogP contribution in [0.25, 0.3) is 0 Å². The lowest BCUT2D eigenvalue weighted by Crippen LogP contribution is -2.52. The van der Waals surface area contributed by atoms with Gasteiger partial charge in [0.15, 0.2) is 17.0 Å². The monoisotopic (exact) mass is 416 g/mol. The van der Waals surface area contributed by atoms with E-state index in [1.165, 1.54) is 4.68 Å². The lowest BCUT2D eigenvalue weighted by Gasteiger charge is -2.40. The first kappa shape index (κ1) is 19.3. The zero-order valence-corrected chi connectivity index (χ0v) is 16.6. The van der Waals surface area contributed by atoms with E-state index in [2.05, 4.69) is 11.2 Å². The fraction of sp³-hybridized carbons (Fsp3) is 0.261. The summed E-state index contributed by atoms with van der Waals surface area (Å²) < 4.78 is 7.92. The van der Waals surface area contributed by atoms with E-state index in [-0.39, 0.29) is 5.69 Å². The summed E-state index contributed by atoms with van der Waals surface area (Å²) in [6.07, 6.45) is 0.0485. The number of aromatic nitrogens is 2. The molecular formula is C23H20N4O4. The van der Waals surface area contributed by atoms with Crippen LogP contribution in [-0.2, 0) is 23.0 Å². The predicted molar refractivity (Wildman–Crippen MR) is 108 cm³/mol. The first-order valence-corrected chi connectivity index (χ1v) is 9.83. The van der Waals surface area contributed by atoms with Crippen LogP contribution in [0.15, 0.2) is 60.8 Å². The predicted octanol–water partition coefficient (Wildman–Crippen LogP) is 1.03. The summed E-state index contributed by atoms with van der Waals surface area (Å²) in [5.41, 5.74) is 3.90. The average Bonchev–Trinajstić information content (AvgIpc) is 3.32. The molecule has 8 nitrogen and oxygen atoms in total. The molecule has 1 aromatic heterocycles. The van der Waals surface area contributed by atoms with E-state index in [4.69, 9.17) is 10.5 Å². The van der Waals surface area contributed by atoms with Crippen LogP contribution < -0.4 is 10.5 Å². The van der Waals surface area contributed by atoms with Crippen LogP contribution in [-0.4, -0.2) is 32.0 Å². The molecule has 1 aliphatic carbocycles. The Kier molecular flexibility index (Phi) is 3.99. The lowest BCUT2D eigenvalue weighted by molar-refractivity contribution is -0.156. The van der Waals surface area contributed by atoms with Gasteiger partial charge in [-0.15, -0.1) is 0 Å². The van der Waals surface area contributed by atoms with Gasteiger partial charge in [-0.3, -0.25) is 9.48 Å². The first-order chi connectivity index (χ1) is 14.8. The molecule has 0 spiro atoms. The van der Waals surface area contributed by atoms with Crippen LogP contribution in [0.2, 0.25) is 0 Å². The number of carbonyl (C=O) groups excluding carboxylic acids is 1. The number of hydrogen-bond acceptors (Lipinski definition) is 6. The number of aliphatic hydroxyl groups is 2. The first-order valence-electron chi connectivity index (χ1n) is 9.83. The van der Waals surface area contributed by atoms with E-state index in [0.717, 1.165) is 0 Å². The van der Waals surface area contributed by atoms with Crippen molar-refractivity contribution in [2.45, 2.75) is 23.2 Å². The number of rotatable bonds is 3. The minimum absolute atomic E-state index is 0.150. The topological polar surface area (TPSA) is 134 Å². The van der Waals surface area contributed by atoms with Gasteiger partial charge in [0.05, 0.1) is 23.7 Å². The second kappa shape index (κ2) is 6.41. The van der Waals surface area contributed by atoms with Crippen LogP contribution in [0.4, 0.5) is 0 Å². The second-order valence-corrected chi connectivity index (χ2v) is 8.07. The van der Waals surface area contributed by atoms with Crippen LogP contribution in [0, 0.1) is 17.2 Å². The Bertz CT molecular complexity index is 1220. The highest BCUT2D eigenvalue weighted by Crippen LogP contribution is 2.67. The van der Waals surface area contributed by atoms with E-state index in [1.54, 1.807) is 37.5 Å². The van der Waals surface area contributed by atoms with Crippen LogP contribution in [0.5, 0.6) is 5.75 Å². The molecule has 0 bridgehead atoms. The van der Waals surface area contributed by atoms with Gasteiger partial charge < -0.3 is 20.7 Å². The summed E-state index contributed by atoms with van der Waals surface area (Å²) in [6.45, 7) is 0. The normalized spacial score (nSPS) is 30.8. The molecule has 4 N–H and O–H groups in total. The number of nitrogens with two attached hydrogens (primary N) is 1. The van der Waals surface area contributed by atoms with Gasteiger partial charge in [-0.2, -0.15) is 10.4 Å². The maximum Gasteiger partial charge on any atom is 0.224 e. The lowest BCUT2D eigenvalue weighted by atomic mass is 9.71. The van der Waals surface area contributed by atoms with E-state index >= 15 is 0 Å². The van der Waals surface area contributed by atoms with Gasteiger partial charge >= 0.3 is 0 Å². The molecule has 2 aliphatic rings. The standard InChI is InChI=1S/C23H20N4O4/c1-27-12-16-19(26-27)22(30)20(28)17(21(25)29)18(14-5-3-2-4-6-14)23(22,31-16)15-9-7-13(11-24)8-10-15/h2-10,12,17-18,20,28,30H,1H3,(H2,25,29)/t17-,18-,20-,22+,23+/m1/s1. The van der Waals surface area contributed by atoms with Crippen molar-refractivity contribution in [3.63, 3.8) is 0 Å². The number of carbonyl (C=O) groups is 1. The van der Waals surface area contributed by atoms with Crippen molar-refractivity contribution in [3.05, 3.63) is 83.2 Å². The summed E-state index contributed by atoms with van der Waals surface area (Å²) in [7, 11) is 1.68. The number of primary amides is 1. The van der Waals surface area contributed by atoms with Crippen LogP contribution >= 0.6 is 0 Å². The average molecular weight is 416 g/mol. The van der Waals surface area contributed by atoms with Crippen molar-refractivity contribution < 1.29 is 19.7 Å². The molecular weight excluding hydrogens is 396 g/mol. The van der Waals surface area contributed by atoms with Gasteiger partial charge in [-0.05, 0) is 23.3 Å². The highest BCUT2D eigenvalue weighted by molar-refractivity contribution is 5.81. The minimum atomic E-state index is -2.04. The Morgan fingerprint density at radius 1 is 1.23 bits per heavy atom. The quantitative estimate of drug-likeness (QED) is 0.584. The summed E-state index contributed by atoms with van der Waals surface area (Å²) in [5, 5.41) is 37.1. The molecule has 2 heterocycles. The highest BCUT2D eigenvalue weighted by atomic mass is 16.5. The van der Waals surface area contributed by atoms with Crippen molar-refractivity contribution in [2.75, 3.05) is 0 Å². The summed E-state index contributed by atoms with van der Waals surface area (Å²) >= 11 is 0. The molecule has 1 amide bonds. The highest BCUT2D eigenvalue weighted by Gasteiger charge is 2.78. The van der Waals surface area contributed by atoms with Crippen LogP contribution in [0.1, 0.15) is 28.3 Å². The van der Waals surface area contributed by atoms with E-state index in [9.17, 15) is 20.3 Å². The fourth-order valence-corrected chi connectivity index (χ4v) is 5.26. The number of ether oxygens (including phenoxy) is 1. The molecule has 5 rings (SSSR count). The third-order valence-electron chi connectivity index (χ3n) is 6.49. The fourth-order valence-electron chi connectivity index (χ4n) is 5.26. The number of fused-ring (bicyclic) bond motifs is 3. The molecule has 31 heavy (non-hydrogen) atoms. The minimum Gasteiger partial charge on any atom is -0.475 e. The Morgan fingerprint density at radius 3 is 2.52 bits per heavy atom. The molecule has 0 unspecified atom stereocenters. The molecule has 2 aromatic carbocycles. The number of benzene rings is 2. The maximum atomic E-state index is 12.6. The zero-order chi connectivity index (χ0) is 22.0. The van der Waals surface area contributed by atoms with Crippen LogP contribution in [0.3, 0.4) is 0 Å². The summed E-state index contributed by atoms with van der Waals surface area (Å²) in [6, 6.07) is 17.7. The van der Waals surface area contributed by atoms with Gasteiger partial charge in [-0.1, -0.05) is 42.5 Å². The molecule has 1 fully saturated rings. The van der Waals surface area contributed by atoms with Crippen molar-refractivity contribution in [3.8, 4) is 11.8 Å². The Balaban J connectivity index is 1.85. The summed E-state index contributed by atoms with van der Waals surface area (Å²) in [5.74, 6) is -2.38. The Labute approximate surface area is 178 Å². The number of nitrogens with zero attached hydrogens (tertiary/aromatic N) is 3. The number of nitriles is 1. The molecule has 0 radical (unpaired) electrons. The van der Waals surface area contributed by atoms with Gasteiger partial charge in [0.1, 0.15) is 11.8 Å². The molecule has 3 aromatic rings. The zero-order valence-electron chi connectivity index (χ0n) is 16.6. The van der Waals surface area contributed by atoms with Crippen molar-refractivity contribution in [1.82, 2.24) is 9.78 Å². The largest absolute Gasteiger partial charge is 0.475 e. The molecule has 5 atom stereocenters. The smallest absolute Gasteiger partial charge is 0.224 e. The molecule has 156 valence electrons. The summed E-state index contributed by atoms with van der Waals surface area (Å²) in [4.78, 5) is 12.6. The van der Waals surface area contributed by atoms with E-state index < -0.39 is 35.0 Å². The number of aryl methyl sites for hydroxylation is 1. The van der Waals surface area contributed by atoms with Gasteiger partial charge in [0.2, 0.25) is 5.91 Å². The SMILES string of the molecule is Cn1cc2c(n1)[C@]1(O)[C@H](O)[C@H](C(N)=O)[C@@H](c3ccccc3)[C@]1(c1ccc(C#N)cc1)O2. The number of aliphatic hydroxyl groups excluding tert-OH is 1. The number of amides is 1. The maximum absolute atomic E-state index is 12.6. The number of hydrogen-bond donors (Lipinski definition) is 3. The third kappa shape index (κ3) is 2.30. The van der Waals surface area contributed by atoms with Gasteiger partial charge in [-0.25, -0.2) is 0 Å². The molecule has 1 saturated carbocycles. The van der Waals surface area contributed by atoms with Crippen molar-refractivity contribution in [2.24, 2.45) is 18.7 Å². The third-order valence-corrected chi connectivity index (χ3v) is 6.49. The van der Waals surface area contributed by atoms with Crippen molar-refractivity contribution >= 4 is 5.91 Å². The molecule has 1 aliphatic heterocycles. The Hall–Kier alpha value is -3.67. The van der Waals surface area contributed by atoms with Gasteiger partial charge in [0, 0.05) is 13.0 Å². The van der Waals surface area contributed by atoms with E-state index in [0.29, 0.717) is 22.4 Å². The van der Waals surface area contributed by atoms with E-state index in [1.807, 2.05) is 30.3 Å². The van der Waals surface area contributed by atoms with Gasteiger partial charge in [0.25, 0.3) is 0 Å². The second-order valence-electron chi connectivity index (χ2n) is 8.07. The Morgan fingerprint density at radius 2 is 1.90 bits per heavy atom. The molecule has 8 heteroatoms. The molecule has 0 saturated heterocycles. The van der Waals surface area contributed by atoms with Crippen molar-refractivity contribution in [1.29, 1.82) is 5.26 Å².